The maximum Gasteiger partial charge on any atom is 0.294 e. The van der Waals surface area contributed by atoms with Crippen molar-refractivity contribution in [3.8, 4) is 0 Å². The average Bonchev–Trinajstić information content (AvgIpc) is 2.99. The second kappa shape index (κ2) is 8.71. The first-order valence-corrected chi connectivity index (χ1v) is 11.9. The first-order valence-electron chi connectivity index (χ1n) is 11.0. The molecule has 0 aromatic heterocycles. The van der Waals surface area contributed by atoms with Gasteiger partial charge in [-0.2, -0.15) is 0 Å². The predicted octanol–water partition coefficient (Wildman–Crippen LogP) is 5.39. The van der Waals surface area contributed by atoms with Crippen LogP contribution < -0.4 is 10.2 Å². The smallest absolute Gasteiger partial charge is 0.294 e. The number of carbonyl (C=O) groups is 3. The van der Waals surface area contributed by atoms with Crippen LogP contribution in [0.2, 0.25) is 0 Å². The van der Waals surface area contributed by atoms with Crippen LogP contribution in [0, 0.1) is 6.92 Å². The van der Waals surface area contributed by atoms with E-state index in [0.717, 1.165) is 34.2 Å². The summed E-state index contributed by atoms with van der Waals surface area (Å²) in [5.41, 5.74) is 5.03. The Morgan fingerprint density at radius 2 is 1.97 bits per heavy atom. The highest BCUT2D eigenvalue weighted by Crippen LogP contribution is 2.43. The highest BCUT2D eigenvalue weighted by molar-refractivity contribution is 8.18. The molecule has 1 unspecified atom stereocenters. The van der Waals surface area contributed by atoms with Gasteiger partial charge in [0.15, 0.2) is 0 Å². The molecule has 2 aliphatic rings. The van der Waals surface area contributed by atoms with Crippen molar-refractivity contribution in [2.75, 3.05) is 23.8 Å². The van der Waals surface area contributed by atoms with Crippen LogP contribution in [0.1, 0.15) is 49.8 Å². The summed E-state index contributed by atoms with van der Waals surface area (Å²) in [4.78, 5) is 41.4. The van der Waals surface area contributed by atoms with Crippen LogP contribution in [0.3, 0.4) is 0 Å². The summed E-state index contributed by atoms with van der Waals surface area (Å²) >= 11 is 0.874. The van der Waals surface area contributed by atoms with Crippen LogP contribution in [0.4, 0.5) is 16.2 Å². The Morgan fingerprint density at radius 3 is 2.70 bits per heavy atom. The third kappa shape index (κ3) is 4.69. The van der Waals surface area contributed by atoms with Crippen LogP contribution in [0.5, 0.6) is 0 Å². The van der Waals surface area contributed by atoms with E-state index in [2.05, 4.69) is 50.2 Å². The lowest BCUT2D eigenvalue weighted by Gasteiger charge is -2.45. The molecule has 1 atom stereocenters. The normalized spacial score (nSPS) is 20.9. The van der Waals surface area contributed by atoms with Crippen molar-refractivity contribution in [3.05, 3.63) is 64.1 Å². The van der Waals surface area contributed by atoms with Crippen LogP contribution in [-0.2, 0) is 9.59 Å². The lowest BCUT2D eigenvalue weighted by Crippen LogP contribution is -2.45. The van der Waals surface area contributed by atoms with Crippen LogP contribution in [0.15, 0.2) is 47.4 Å². The zero-order valence-electron chi connectivity index (χ0n) is 19.6. The van der Waals surface area contributed by atoms with E-state index in [1.807, 2.05) is 31.2 Å². The summed E-state index contributed by atoms with van der Waals surface area (Å²) in [6.07, 6.45) is 2.78. The Morgan fingerprint density at radius 1 is 1.21 bits per heavy atom. The maximum absolute atomic E-state index is 12.9. The Kier molecular flexibility index (Phi) is 6.10. The first kappa shape index (κ1) is 23.1. The Bertz CT molecular complexity index is 1170. The average molecular weight is 464 g/mol. The second-order valence-electron chi connectivity index (χ2n) is 9.48. The van der Waals surface area contributed by atoms with Gasteiger partial charge in [0.05, 0.1) is 4.91 Å². The fourth-order valence-corrected chi connectivity index (χ4v) is 5.38. The molecular weight excluding hydrogens is 434 g/mol. The molecule has 0 aliphatic carbocycles. The quantitative estimate of drug-likeness (QED) is 0.616. The van der Waals surface area contributed by atoms with Crippen molar-refractivity contribution in [1.29, 1.82) is 0 Å². The highest BCUT2D eigenvalue weighted by atomic mass is 32.2. The fourth-order valence-electron chi connectivity index (χ4n) is 4.54. The van der Waals surface area contributed by atoms with E-state index in [4.69, 9.17) is 0 Å². The van der Waals surface area contributed by atoms with E-state index in [9.17, 15) is 14.4 Å². The number of hydrogen-bond acceptors (Lipinski definition) is 5. The van der Waals surface area contributed by atoms with Gasteiger partial charge in [-0.05, 0) is 91.9 Å². The Labute approximate surface area is 199 Å². The largest absolute Gasteiger partial charge is 0.369 e. The van der Waals surface area contributed by atoms with Gasteiger partial charge in [-0.1, -0.05) is 25.1 Å². The number of nitrogens with one attached hydrogen (secondary N) is 1. The molecule has 33 heavy (non-hydrogen) atoms. The van der Waals surface area contributed by atoms with Gasteiger partial charge < -0.3 is 10.2 Å². The number of thioether (sulfide) groups is 1. The Hall–Kier alpha value is -3.06. The number of aryl methyl sites for hydroxylation is 1. The van der Waals surface area contributed by atoms with Gasteiger partial charge in [-0.3, -0.25) is 19.3 Å². The van der Waals surface area contributed by atoms with Gasteiger partial charge in [0.25, 0.3) is 11.1 Å². The third-order valence-electron chi connectivity index (χ3n) is 6.43. The van der Waals surface area contributed by atoms with Gasteiger partial charge in [-0.15, -0.1) is 0 Å². The number of imide groups is 1. The molecule has 7 heteroatoms. The third-order valence-corrected chi connectivity index (χ3v) is 7.34. The van der Waals surface area contributed by atoms with Gasteiger partial charge >= 0.3 is 0 Å². The first-order chi connectivity index (χ1) is 15.5. The molecule has 2 heterocycles. The predicted molar refractivity (Wildman–Crippen MR) is 134 cm³/mol. The van der Waals surface area contributed by atoms with Crippen molar-refractivity contribution >= 4 is 46.3 Å². The maximum atomic E-state index is 12.9. The number of rotatable bonds is 4. The summed E-state index contributed by atoms with van der Waals surface area (Å²) < 4.78 is 0. The van der Waals surface area contributed by atoms with E-state index in [-0.39, 0.29) is 12.1 Å². The molecule has 172 valence electrons. The number of benzene rings is 2. The van der Waals surface area contributed by atoms with Gasteiger partial charge in [-0.25, -0.2) is 0 Å². The van der Waals surface area contributed by atoms with Crippen molar-refractivity contribution < 1.29 is 14.4 Å². The summed E-state index contributed by atoms with van der Waals surface area (Å²) in [5.74, 6) is -0.453. The minimum Gasteiger partial charge on any atom is -0.369 e. The molecule has 3 amide bonds. The van der Waals surface area contributed by atoms with E-state index < -0.39 is 17.1 Å². The minimum atomic E-state index is -0.437. The number of fused-ring (bicyclic) bond motifs is 1. The molecule has 1 saturated heterocycles. The SMILES string of the molecule is Cc1cccc(NC(=O)CN2C(=O)S/C(=C\c3ccc4c(c3)C(C)CC(C)(C)N4C)C2=O)c1. The summed E-state index contributed by atoms with van der Waals surface area (Å²) in [6, 6.07) is 13.5. The number of amides is 3. The summed E-state index contributed by atoms with van der Waals surface area (Å²) in [5, 5.41) is 2.31. The van der Waals surface area contributed by atoms with Crippen molar-refractivity contribution in [2.45, 2.75) is 45.6 Å². The molecule has 2 aromatic carbocycles. The molecular formula is C26H29N3O3S. The summed E-state index contributed by atoms with van der Waals surface area (Å²) in [6.45, 7) is 8.32. The number of anilines is 2. The topological polar surface area (TPSA) is 69.7 Å². The zero-order chi connectivity index (χ0) is 23.9. The molecule has 1 fully saturated rings. The molecule has 1 N–H and O–H groups in total. The molecule has 0 radical (unpaired) electrons. The van der Waals surface area contributed by atoms with Crippen LogP contribution >= 0.6 is 11.8 Å². The van der Waals surface area contributed by atoms with Gasteiger partial charge in [0.1, 0.15) is 6.54 Å². The van der Waals surface area contributed by atoms with Gasteiger partial charge in [0.2, 0.25) is 5.91 Å². The van der Waals surface area contributed by atoms with Crippen molar-refractivity contribution in [3.63, 3.8) is 0 Å². The standard InChI is InChI=1S/C26H29N3O3S/c1-16-7-6-8-19(11-16)27-23(30)15-29-24(31)22(33-25(29)32)13-18-9-10-21-20(12-18)17(2)14-26(3,4)28(21)5/h6-13,17H,14-15H2,1-5H3,(H,27,30)/b22-13-. The molecule has 2 aromatic rings. The number of nitrogens with zero attached hydrogens (tertiary/aromatic N) is 2. The number of carbonyl (C=O) groups excluding carboxylic acids is 3. The lowest BCUT2D eigenvalue weighted by atomic mass is 9.80. The second-order valence-corrected chi connectivity index (χ2v) is 10.5. The molecule has 6 nitrogen and oxygen atoms in total. The van der Waals surface area contributed by atoms with E-state index in [0.29, 0.717) is 16.5 Å². The van der Waals surface area contributed by atoms with Crippen LogP contribution in [-0.4, -0.2) is 41.1 Å². The Balaban J connectivity index is 1.50. The zero-order valence-corrected chi connectivity index (χ0v) is 20.5. The van der Waals surface area contributed by atoms with Crippen molar-refractivity contribution in [1.82, 2.24) is 4.90 Å². The molecule has 0 spiro atoms. The fraction of sp³-hybridized carbons (Fsp3) is 0.346. The summed E-state index contributed by atoms with van der Waals surface area (Å²) in [7, 11) is 2.11. The minimum absolute atomic E-state index is 0.0790. The monoisotopic (exact) mass is 463 g/mol. The number of hydrogen-bond donors (Lipinski definition) is 1. The van der Waals surface area contributed by atoms with E-state index in [1.165, 1.54) is 11.3 Å². The molecule has 2 aliphatic heterocycles. The molecule has 0 bridgehead atoms. The van der Waals surface area contributed by atoms with E-state index in [1.54, 1.807) is 12.1 Å². The van der Waals surface area contributed by atoms with Crippen molar-refractivity contribution in [2.24, 2.45) is 0 Å². The highest BCUT2D eigenvalue weighted by Gasteiger charge is 2.37. The van der Waals surface area contributed by atoms with Gasteiger partial charge in [0, 0.05) is 24.0 Å². The van der Waals surface area contributed by atoms with E-state index >= 15 is 0 Å². The lowest BCUT2D eigenvalue weighted by molar-refractivity contribution is -0.127. The van der Waals surface area contributed by atoms with Crippen LogP contribution in [0.25, 0.3) is 6.08 Å². The molecule has 4 rings (SSSR count). The molecule has 0 saturated carbocycles.